The quantitative estimate of drug-likeness (QED) is 0.691. The van der Waals surface area contributed by atoms with E-state index < -0.39 is 10.0 Å². The van der Waals surface area contributed by atoms with Gasteiger partial charge < -0.3 is 10.1 Å². The zero-order valence-electron chi connectivity index (χ0n) is 12.6. The van der Waals surface area contributed by atoms with Crippen LogP contribution in [0.2, 0.25) is 0 Å². The summed E-state index contributed by atoms with van der Waals surface area (Å²) in [6.07, 6.45) is 1.63. The number of hydrogen-bond donors (Lipinski definition) is 2. The van der Waals surface area contributed by atoms with Crippen molar-refractivity contribution >= 4 is 26.0 Å². The van der Waals surface area contributed by atoms with Crippen molar-refractivity contribution in [3.63, 3.8) is 0 Å². The molecule has 21 heavy (non-hydrogen) atoms. The molecule has 0 spiro atoms. The molecule has 1 aromatic rings. The molecule has 1 aromatic carbocycles. The van der Waals surface area contributed by atoms with Crippen molar-refractivity contribution in [3.05, 3.63) is 28.2 Å². The number of sulfonamides is 1. The van der Waals surface area contributed by atoms with Gasteiger partial charge in [-0.25, -0.2) is 13.1 Å². The molecule has 0 fully saturated rings. The summed E-state index contributed by atoms with van der Waals surface area (Å²) in [7, 11) is -0.147. The van der Waals surface area contributed by atoms with Crippen LogP contribution in [-0.2, 0) is 21.3 Å². The van der Waals surface area contributed by atoms with Gasteiger partial charge in [0.15, 0.2) is 0 Å². The zero-order chi connectivity index (χ0) is 15.9. The molecular formula is C14H23BrN2O3S. The minimum Gasteiger partial charge on any atom is -0.383 e. The molecule has 1 atom stereocenters. The van der Waals surface area contributed by atoms with Crippen molar-refractivity contribution in [1.29, 1.82) is 0 Å². The fourth-order valence-corrected chi connectivity index (χ4v) is 4.47. The maximum Gasteiger partial charge on any atom is 0.242 e. The summed E-state index contributed by atoms with van der Waals surface area (Å²) in [5.41, 5.74) is 1.02. The minimum absolute atomic E-state index is 0.214. The summed E-state index contributed by atoms with van der Waals surface area (Å²) in [4.78, 5) is 0.250. The van der Waals surface area contributed by atoms with Crippen LogP contribution in [0.25, 0.3) is 0 Å². The van der Waals surface area contributed by atoms with Crippen molar-refractivity contribution in [2.24, 2.45) is 0 Å². The van der Waals surface area contributed by atoms with Gasteiger partial charge in [-0.3, -0.25) is 0 Å². The van der Waals surface area contributed by atoms with Gasteiger partial charge in [-0.05, 0) is 47.1 Å². The summed E-state index contributed by atoms with van der Waals surface area (Å²) >= 11 is 3.34. The molecule has 2 N–H and O–H groups in total. The third-order valence-corrected chi connectivity index (χ3v) is 5.49. The van der Waals surface area contributed by atoms with Gasteiger partial charge in [0.1, 0.15) is 0 Å². The summed E-state index contributed by atoms with van der Waals surface area (Å²) in [5.74, 6) is 0. The zero-order valence-corrected chi connectivity index (χ0v) is 15.1. The molecule has 0 aromatic heterocycles. The highest BCUT2D eigenvalue weighted by Gasteiger charge is 2.22. The first-order valence-electron chi connectivity index (χ1n) is 6.88. The van der Waals surface area contributed by atoms with E-state index >= 15 is 0 Å². The SMILES string of the molecule is CCCC(COC)NS(=O)(=O)c1ccc(CNC)cc1Br. The number of methoxy groups -OCH3 is 1. The molecular weight excluding hydrogens is 356 g/mol. The first-order valence-corrected chi connectivity index (χ1v) is 9.16. The Kier molecular flexibility index (Phi) is 7.83. The Balaban J connectivity index is 2.96. The largest absolute Gasteiger partial charge is 0.383 e. The second-order valence-electron chi connectivity index (χ2n) is 4.86. The van der Waals surface area contributed by atoms with Gasteiger partial charge >= 0.3 is 0 Å². The lowest BCUT2D eigenvalue weighted by molar-refractivity contribution is 0.171. The normalized spacial score (nSPS) is 13.3. The molecule has 1 rings (SSSR count). The average Bonchev–Trinajstić information content (AvgIpc) is 2.39. The molecule has 0 saturated carbocycles. The summed E-state index contributed by atoms with van der Waals surface area (Å²) in [6, 6.07) is 5.03. The van der Waals surface area contributed by atoms with Gasteiger partial charge in [0.25, 0.3) is 0 Å². The van der Waals surface area contributed by atoms with Crippen LogP contribution < -0.4 is 10.0 Å². The summed E-state index contributed by atoms with van der Waals surface area (Å²) in [5, 5.41) is 3.03. The Bertz CT molecular complexity index is 543. The van der Waals surface area contributed by atoms with Crippen LogP contribution >= 0.6 is 15.9 Å². The lowest BCUT2D eigenvalue weighted by Gasteiger charge is -2.18. The Hall–Kier alpha value is -0.470. The predicted octanol–water partition coefficient (Wildman–Crippen LogP) is 2.26. The van der Waals surface area contributed by atoms with Crippen molar-refractivity contribution in [2.45, 2.75) is 37.2 Å². The third-order valence-electron chi connectivity index (χ3n) is 2.99. The van der Waals surface area contributed by atoms with E-state index in [1.807, 2.05) is 20.0 Å². The van der Waals surface area contributed by atoms with E-state index in [0.29, 0.717) is 17.6 Å². The highest BCUT2D eigenvalue weighted by atomic mass is 79.9. The summed E-state index contributed by atoms with van der Waals surface area (Å²) < 4.78 is 33.3. The molecule has 0 amide bonds. The molecule has 0 aliphatic heterocycles. The molecule has 0 bridgehead atoms. The smallest absolute Gasteiger partial charge is 0.242 e. The molecule has 7 heteroatoms. The first kappa shape index (κ1) is 18.6. The topological polar surface area (TPSA) is 67.4 Å². The Labute approximate surface area is 135 Å². The monoisotopic (exact) mass is 378 g/mol. The molecule has 0 saturated heterocycles. The van der Waals surface area contributed by atoms with Crippen molar-refractivity contribution in [2.75, 3.05) is 20.8 Å². The fourth-order valence-electron chi connectivity index (χ4n) is 2.09. The van der Waals surface area contributed by atoms with Crippen LogP contribution in [0.15, 0.2) is 27.6 Å². The number of hydrogen-bond acceptors (Lipinski definition) is 4. The molecule has 120 valence electrons. The fraction of sp³-hybridized carbons (Fsp3) is 0.571. The van der Waals surface area contributed by atoms with Crippen LogP contribution in [0, 0.1) is 0 Å². The van der Waals surface area contributed by atoms with Crippen LogP contribution in [0.5, 0.6) is 0 Å². The van der Waals surface area contributed by atoms with Crippen molar-refractivity contribution in [3.8, 4) is 0 Å². The Morgan fingerprint density at radius 3 is 2.62 bits per heavy atom. The van der Waals surface area contributed by atoms with E-state index in [4.69, 9.17) is 4.74 Å². The van der Waals surface area contributed by atoms with E-state index in [2.05, 4.69) is 26.0 Å². The van der Waals surface area contributed by atoms with Gasteiger partial charge in [-0.2, -0.15) is 0 Å². The number of benzene rings is 1. The maximum atomic E-state index is 12.5. The molecule has 0 aliphatic rings. The van der Waals surface area contributed by atoms with E-state index in [1.165, 1.54) is 0 Å². The predicted molar refractivity (Wildman–Crippen MR) is 87.8 cm³/mol. The molecule has 5 nitrogen and oxygen atoms in total. The maximum absolute atomic E-state index is 12.5. The molecule has 0 radical (unpaired) electrons. The van der Waals surface area contributed by atoms with Gasteiger partial charge in [0, 0.05) is 24.2 Å². The highest BCUT2D eigenvalue weighted by molar-refractivity contribution is 9.10. The number of halogens is 1. The lowest BCUT2D eigenvalue weighted by atomic mass is 10.2. The van der Waals surface area contributed by atoms with E-state index in [1.54, 1.807) is 19.2 Å². The minimum atomic E-state index is -3.56. The van der Waals surface area contributed by atoms with Gasteiger partial charge in [0.05, 0.1) is 11.5 Å². The average molecular weight is 379 g/mol. The number of nitrogens with one attached hydrogen (secondary N) is 2. The van der Waals surface area contributed by atoms with E-state index in [0.717, 1.165) is 18.4 Å². The van der Waals surface area contributed by atoms with Crippen LogP contribution in [0.4, 0.5) is 0 Å². The molecule has 0 heterocycles. The Morgan fingerprint density at radius 2 is 2.10 bits per heavy atom. The Morgan fingerprint density at radius 1 is 1.38 bits per heavy atom. The van der Waals surface area contributed by atoms with Crippen molar-refractivity contribution in [1.82, 2.24) is 10.0 Å². The standard InChI is InChI=1S/C14H23BrN2O3S/c1-4-5-12(10-20-3)17-21(18,19)14-7-6-11(9-16-2)8-13(14)15/h6-8,12,16-17H,4-5,9-10H2,1-3H3. The molecule has 0 aliphatic carbocycles. The second kappa shape index (κ2) is 8.85. The lowest BCUT2D eigenvalue weighted by Crippen LogP contribution is -2.38. The summed E-state index contributed by atoms with van der Waals surface area (Å²) in [6.45, 7) is 3.07. The van der Waals surface area contributed by atoms with E-state index in [9.17, 15) is 8.42 Å². The van der Waals surface area contributed by atoms with Crippen LogP contribution in [-0.4, -0.2) is 35.2 Å². The van der Waals surface area contributed by atoms with E-state index in [-0.39, 0.29) is 10.9 Å². The highest BCUT2D eigenvalue weighted by Crippen LogP contribution is 2.23. The van der Waals surface area contributed by atoms with Gasteiger partial charge in [-0.1, -0.05) is 19.4 Å². The van der Waals surface area contributed by atoms with Gasteiger partial charge in [0.2, 0.25) is 10.0 Å². The number of ether oxygens (including phenoxy) is 1. The van der Waals surface area contributed by atoms with Crippen LogP contribution in [0.3, 0.4) is 0 Å². The van der Waals surface area contributed by atoms with Crippen molar-refractivity contribution < 1.29 is 13.2 Å². The number of rotatable bonds is 9. The third kappa shape index (κ3) is 5.67. The molecule has 1 unspecified atom stereocenters. The van der Waals surface area contributed by atoms with Crippen LogP contribution in [0.1, 0.15) is 25.3 Å². The van der Waals surface area contributed by atoms with Gasteiger partial charge in [-0.15, -0.1) is 0 Å². The second-order valence-corrected chi connectivity index (χ2v) is 7.39. The first-order chi connectivity index (χ1) is 9.94.